The first-order valence-corrected chi connectivity index (χ1v) is 7.51. The molecule has 1 aromatic carbocycles. The molecule has 0 bridgehead atoms. The lowest BCUT2D eigenvalue weighted by molar-refractivity contribution is 0.459. The van der Waals surface area contributed by atoms with Gasteiger partial charge in [-0.15, -0.1) is 0 Å². The van der Waals surface area contributed by atoms with Crippen LogP contribution in [0.25, 0.3) is 11.0 Å². The van der Waals surface area contributed by atoms with Crippen molar-refractivity contribution in [2.24, 2.45) is 0 Å². The Morgan fingerprint density at radius 2 is 1.91 bits per heavy atom. The quantitative estimate of drug-likeness (QED) is 0.641. The van der Waals surface area contributed by atoms with Crippen molar-refractivity contribution in [1.82, 2.24) is 0 Å². The van der Waals surface area contributed by atoms with E-state index in [1.165, 1.54) is 11.1 Å². The summed E-state index contributed by atoms with van der Waals surface area (Å²) < 4.78 is 5.26. The van der Waals surface area contributed by atoms with Crippen LogP contribution >= 0.6 is 0 Å². The minimum Gasteiger partial charge on any atom is -0.507 e. The monoisotopic (exact) mass is 298 g/mol. The molecule has 0 amide bonds. The molecular weight excluding hydrogens is 276 g/mol. The van der Waals surface area contributed by atoms with Crippen LogP contribution in [0.3, 0.4) is 0 Å². The second-order valence-corrected chi connectivity index (χ2v) is 5.79. The van der Waals surface area contributed by atoms with Gasteiger partial charge in [0.05, 0.1) is 10.9 Å². The van der Waals surface area contributed by atoms with Gasteiger partial charge in [-0.05, 0) is 45.7 Å². The smallest absolute Gasteiger partial charge is 0.343 e. The van der Waals surface area contributed by atoms with Gasteiger partial charge in [0.1, 0.15) is 11.3 Å². The predicted molar refractivity (Wildman–Crippen MR) is 90.3 cm³/mol. The SMILES string of the molecule is CC(C)=CCC/C(C)=C/Cc1c(O)c2ccccc2oc1=O. The van der Waals surface area contributed by atoms with Gasteiger partial charge in [0.2, 0.25) is 0 Å². The summed E-state index contributed by atoms with van der Waals surface area (Å²) in [4.78, 5) is 12.0. The van der Waals surface area contributed by atoms with Gasteiger partial charge in [-0.3, -0.25) is 0 Å². The lowest BCUT2D eigenvalue weighted by Gasteiger charge is -2.05. The molecule has 3 nitrogen and oxygen atoms in total. The van der Waals surface area contributed by atoms with E-state index in [2.05, 4.69) is 19.9 Å². The highest BCUT2D eigenvalue weighted by Crippen LogP contribution is 2.26. The van der Waals surface area contributed by atoms with Gasteiger partial charge < -0.3 is 9.52 Å². The summed E-state index contributed by atoms with van der Waals surface area (Å²) in [6.07, 6.45) is 6.51. The van der Waals surface area contributed by atoms with Crippen LogP contribution in [-0.2, 0) is 6.42 Å². The minimum absolute atomic E-state index is 0.0280. The van der Waals surface area contributed by atoms with Gasteiger partial charge in [-0.2, -0.15) is 0 Å². The Bertz CT molecular complexity index is 775. The summed E-state index contributed by atoms with van der Waals surface area (Å²) in [6, 6.07) is 7.02. The van der Waals surface area contributed by atoms with E-state index < -0.39 is 5.63 Å². The Morgan fingerprint density at radius 3 is 2.64 bits per heavy atom. The average molecular weight is 298 g/mol. The fraction of sp³-hybridized carbons (Fsp3) is 0.316. The molecule has 0 saturated carbocycles. The van der Waals surface area contributed by atoms with Gasteiger partial charge >= 0.3 is 5.63 Å². The van der Waals surface area contributed by atoms with Crippen molar-refractivity contribution in [3.63, 3.8) is 0 Å². The Hall–Kier alpha value is -2.29. The van der Waals surface area contributed by atoms with E-state index >= 15 is 0 Å². The van der Waals surface area contributed by atoms with Gasteiger partial charge in [0.25, 0.3) is 0 Å². The Labute approximate surface area is 130 Å². The number of benzene rings is 1. The summed E-state index contributed by atoms with van der Waals surface area (Å²) in [7, 11) is 0. The maximum atomic E-state index is 12.0. The van der Waals surface area contributed by atoms with Crippen molar-refractivity contribution >= 4 is 11.0 Å². The number of allylic oxidation sites excluding steroid dienone is 4. The number of hydrogen-bond donors (Lipinski definition) is 1. The molecule has 0 radical (unpaired) electrons. The first kappa shape index (κ1) is 16.1. The number of hydrogen-bond acceptors (Lipinski definition) is 3. The molecule has 116 valence electrons. The molecule has 0 atom stereocenters. The molecule has 0 spiro atoms. The third kappa shape index (κ3) is 3.88. The first-order chi connectivity index (χ1) is 10.5. The van der Waals surface area contributed by atoms with Gasteiger partial charge in [0, 0.05) is 6.42 Å². The van der Waals surface area contributed by atoms with Crippen LogP contribution in [0.15, 0.2) is 56.8 Å². The lowest BCUT2D eigenvalue weighted by Crippen LogP contribution is -2.07. The van der Waals surface area contributed by atoms with E-state index in [1.54, 1.807) is 18.2 Å². The van der Waals surface area contributed by atoms with Crippen LogP contribution in [-0.4, -0.2) is 5.11 Å². The summed E-state index contributed by atoms with van der Waals surface area (Å²) >= 11 is 0. The van der Waals surface area contributed by atoms with Crippen LogP contribution in [0, 0.1) is 0 Å². The number of rotatable bonds is 5. The second-order valence-electron chi connectivity index (χ2n) is 5.79. The van der Waals surface area contributed by atoms with Crippen molar-refractivity contribution in [2.75, 3.05) is 0 Å². The lowest BCUT2D eigenvalue weighted by atomic mass is 10.1. The standard InChI is InChI=1S/C19H22O3/c1-13(2)7-6-8-14(3)11-12-16-18(20)15-9-4-5-10-17(15)22-19(16)21/h4-5,7,9-11,20H,6,8,12H2,1-3H3/b14-11+. The predicted octanol–water partition coefficient (Wildman–Crippen LogP) is 4.73. The third-order valence-corrected chi connectivity index (χ3v) is 3.62. The number of fused-ring (bicyclic) bond motifs is 1. The van der Waals surface area contributed by atoms with Crippen molar-refractivity contribution < 1.29 is 9.52 Å². The van der Waals surface area contributed by atoms with E-state index in [0.29, 0.717) is 23.0 Å². The van der Waals surface area contributed by atoms with E-state index in [9.17, 15) is 9.90 Å². The van der Waals surface area contributed by atoms with Gasteiger partial charge in [0.15, 0.2) is 0 Å². The van der Waals surface area contributed by atoms with E-state index in [4.69, 9.17) is 4.42 Å². The first-order valence-electron chi connectivity index (χ1n) is 7.51. The highest BCUT2D eigenvalue weighted by atomic mass is 16.4. The molecule has 2 rings (SSSR count). The second kappa shape index (κ2) is 7.12. The normalized spacial score (nSPS) is 11.7. The summed E-state index contributed by atoms with van der Waals surface area (Å²) in [6.45, 7) is 6.20. The molecule has 1 N–H and O–H groups in total. The number of aromatic hydroxyl groups is 1. The maximum absolute atomic E-state index is 12.0. The summed E-state index contributed by atoms with van der Waals surface area (Å²) in [5.41, 5.74) is 2.77. The van der Waals surface area contributed by atoms with Crippen LogP contribution in [0.2, 0.25) is 0 Å². The fourth-order valence-corrected chi connectivity index (χ4v) is 2.32. The van der Waals surface area contributed by atoms with Crippen molar-refractivity contribution in [1.29, 1.82) is 0 Å². The highest BCUT2D eigenvalue weighted by molar-refractivity contribution is 5.83. The van der Waals surface area contributed by atoms with E-state index in [-0.39, 0.29) is 5.75 Å². The largest absolute Gasteiger partial charge is 0.507 e. The molecule has 3 heteroatoms. The molecule has 0 aliphatic heterocycles. The maximum Gasteiger partial charge on any atom is 0.343 e. The van der Waals surface area contributed by atoms with Crippen LogP contribution < -0.4 is 5.63 Å². The zero-order valence-electron chi connectivity index (χ0n) is 13.3. The topological polar surface area (TPSA) is 50.4 Å². The van der Waals surface area contributed by atoms with Crippen LogP contribution in [0.1, 0.15) is 39.2 Å². The minimum atomic E-state index is -0.468. The Morgan fingerprint density at radius 1 is 1.18 bits per heavy atom. The van der Waals surface area contributed by atoms with Gasteiger partial charge in [-0.25, -0.2) is 4.79 Å². The fourth-order valence-electron chi connectivity index (χ4n) is 2.32. The van der Waals surface area contributed by atoms with Crippen molar-refractivity contribution in [2.45, 2.75) is 40.0 Å². The van der Waals surface area contributed by atoms with E-state index in [0.717, 1.165) is 12.8 Å². The van der Waals surface area contributed by atoms with Crippen LogP contribution in [0.5, 0.6) is 5.75 Å². The number of para-hydroxylation sites is 1. The third-order valence-electron chi connectivity index (χ3n) is 3.62. The summed E-state index contributed by atoms with van der Waals surface area (Å²) in [5.74, 6) is 0.0280. The molecule has 0 saturated heterocycles. The molecule has 0 aliphatic rings. The van der Waals surface area contributed by atoms with E-state index in [1.807, 2.05) is 19.1 Å². The zero-order valence-corrected chi connectivity index (χ0v) is 13.3. The Kier molecular flexibility index (Phi) is 5.21. The Balaban J connectivity index is 2.21. The summed E-state index contributed by atoms with van der Waals surface area (Å²) in [5, 5.41) is 10.9. The molecule has 2 aromatic rings. The molecule has 1 heterocycles. The molecule has 0 unspecified atom stereocenters. The van der Waals surface area contributed by atoms with Gasteiger partial charge in [-0.1, -0.05) is 35.4 Å². The zero-order chi connectivity index (χ0) is 16.1. The molecule has 1 aromatic heterocycles. The van der Waals surface area contributed by atoms with Crippen LogP contribution in [0.4, 0.5) is 0 Å². The van der Waals surface area contributed by atoms with Crippen molar-refractivity contribution in [3.8, 4) is 5.75 Å². The molecule has 22 heavy (non-hydrogen) atoms. The molecule has 0 aliphatic carbocycles. The van der Waals surface area contributed by atoms with Crippen molar-refractivity contribution in [3.05, 3.63) is 63.5 Å². The molecule has 0 fully saturated rings. The molecular formula is C19H22O3. The average Bonchev–Trinajstić information content (AvgIpc) is 2.46. The highest BCUT2D eigenvalue weighted by Gasteiger charge is 2.12.